The standard InChI is InChI=1S/C17H13ClF3N3O3S/c1-2-28(26,27)15-6-4-11(18)8-14(15)23-24-9-22-13-5-3-10(17(19,20)21)7-12(13)16(24)25/h3-9,23H,2H2,1H3. The summed E-state index contributed by atoms with van der Waals surface area (Å²) in [6.07, 6.45) is -3.56. The molecule has 11 heteroatoms. The summed E-state index contributed by atoms with van der Waals surface area (Å²) in [6.45, 7) is 1.45. The van der Waals surface area contributed by atoms with E-state index in [-0.39, 0.29) is 32.3 Å². The van der Waals surface area contributed by atoms with E-state index in [2.05, 4.69) is 10.4 Å². The zero-order chi connectivity index (χ0) is 20.7. The molecule has 0 fully saturated rings. The van der Waals surface area contributed by atoms with Crippen LogP contribution >= 0.6 is 11.6 Å². The van der Waals surface area contributed by atoms with Gasteiger partial charge < -0.3 is 0 Å². The molecule has 0 aliphatic carbocycles. The molecule has 28 heavy (non-hydrogen) atoms. The Kier molecular flexibility index (Phi) is 5.11. The molecule has 3 aromatic rings. The summed E-state index contributed by atoms with van der Waals surface area (Å²) in [7, 11) is -3.65. The Balaban J connectivity index is 2.15. The van der Waals surface area contributed by atoms with Crippen molar-refractivity contribution in [1.82, 2.24) is 9.66 Å². The first kappa shape index (κ1) is 20.2. The third kappa shape index (κ3) is 3.83. The van der Waals surface area contributed by atoms with E-state index in [1.807, 2.05) is 0 Å². The zero-order valence-corrected chi connectivity index (χ0v) is 15.9. The minimum Gasteiger partial charge on any atom is -0.289 e. The maximum absolute atomic E-state index is 12.9. The number of alkyl halides is 3. The van der Waals surface area contributed by atoms with Crippen molar-refractivity contribution >= 4 is 38.0 Å². The molecule has 3 rings (SSSR count). The van der Waals surface area contributed by atoms with Crippen LogP contribution in [-0.2, 0) is 16.0 Å². The van der Waals surface area contributed by atoms with E-state index in [9.17, 15) is 26.4 Å². The third-order valence-electron chi connectivity index (χ3n) is 3.98. The van der Waals surface area contributed by atoms with Crippen molar-refractivity contribution in [2.24, 2.45) is 0 Å². The first-order valence-electron chi connectivity index (χ1n) is 7.91. The number of nitrogens with one attached hydrogen (secondary N) is 1. The van der Waals surface area contributed by atoms with Crippen LogP contribution in [0.15, 0.2) is 52.4 Å². The quantitative estimate of drug-likeness (QED) is 0.680. The highest BCUT2D eigenvalue weighted by atomic mass is 35.5. The van der Waals surface area contributed by atoms with E-state index in [0.717, 1.165) is 23.1 Å². The average molecular weight is 432 g/mol. The summed E-state index contributed by atoms with van der Waals surface area (Å²) in [5.41, 5.74) is 0.831. The smallest absolute Gasteiger partial charge is 0.289 e. The number of hydrogen-bond acceptors (Lipinski definition) is 5. The zero-order valence-electron chi connectivity index (χ0n) is 14.3. The van der Waals surface area contributed by atoms with Gasteiger partial charge >= 0.3 is 6.18 Å². The van der Waals surface area contributed by atoms with Gasteiger partial charge in [-0.3, -0.25) is 10.2 Å². The number of benzene rings is 2. The Morgan fingerprint density at radius 2 is 1.89 bits per heavy atom. The maximum Gasteiger partial charge on any atom is 0.416 e. The van der Waals surface area contributed by atoms with Gasteiger partial charge in [0, 0.05) is 5.02 Å². The lowest BCUT2D eigenvalue weighted by atomic mass is 10.1. The second-order valence-electron chi connectivity index (χ2n) is 5.81. The summed E-state index contributed by atoms with van der Waals surface area (Å²) < 4.78 is 64.1. The highest BCUT2D eigenvalue weighted by Gasteiger charge is 2.31. The first-order chi connectivity index (χ1) is 13.0. The van der Waals surface area contributed by atoms with E-state index in [1.54, 1.807) is 0 Å². The lowest BCUT2D eigenvalue weighted by Crippen LogP contribution is -2.27. The number of aromatic nitrogens is 2. The van der Waals surface area contributed by atoms with Crippen molar-refractivity contribution in [2.45, 2.75) is 18.0 Å². The fraction of sp³-hybridized carbons (Fsp3) is 0.176. The van der Waals surface area contributed by atoms with Crippen molar-refractivity contribution in [3.63, 3.8) is 0 Å². The van der Waals surface area contributed by atoms with Gasteiger partial charge in [-0.1, -0.05) is 18.5 Å². The molecular weight excluding hydrogens is 419 g/mol. The molecule has 0 bridgehead atoms. The number of anilines is 1. The highest BCUT2D eigenvalue weighted by Crippen LogP contribution is 2.30. The molecule has 0 radical (unpaired) electrons. The van der Waals surface area contributed by atoms with Crippen LogP contribution in [0.25, 0.3) is 10.9 Å². The van der Waals surface area contributed by atoms with Crippen LogP contribution in [-0.4, -0.2) is 23.8 Å². The Bertz CT molecular complexity index is 1220. The first-order valence-corrected chi connectivity index (χ1v) is 9.94. The highest BCUT2D eigenvalue weighted by molar-refractivity contribution is 7.91. The van der Waals surface area contributed by atoms with E-state index < -0.39 is 27.1 Å². The lowest BCUT2D eigenvalue weighted by molar-refractivity contribution is -0.137. The van der Waals surface area contributed by atoms with Gasteiger partial charge in [0.1, 0.15) is 6.33 Å². The van der Waals surface area contributed by atoms with Gasteiger partial charge in [0.2, 0.25) is 0 Å². The van der Waals surface area contributed by atoms with Crippen molar-refractivity contribution in [2.75, 3.05) is 11.2 Å². The third-order valence-corrected chi connectivity index (χ3v) is 6.00. The van der Waals surface area contributed by atoms with Gasteiger partial charge in [0.25, 0.3) is 5.56 Å². The molecule has 2 aromatic carbocycles. The number of fused-ring (bicyclic) bond motifs is 1. The molecule has 1 aromatic heterocycles. The Morgan fingerprint density at radius 3 is 2.54 bits per heavy atom. The van der Waals surface area contributed by atoms with Crippen LogP contribution in [0.1, 0.15) is 12.5 Å². The van der Waals surface area contributed by atoms with Gasteiger partial charge in [-0.2, -0.15) is 13.2 Å². The minimum absolute atomic E-state index is 0.00424. The van der Waals surface area contributed by atoms with Crippen LogP contribution in [0, 0.1) is 0 Å². The van der Waals surface area contributed by atoms with Crippen molar-refractivity contribution in [3.8, 4) is 0 Å². The fourth-order valence-electron chi connectivity index (χ4n) is 2.52. The van der Waals surface area contributed by atoms with Gasteiger partial charge in [0.05, 0.1) is 32.8 Å². The van der Waals surface area contributed by atoms with Crippen LogP contribution in [0.2, 0.25) is 5.02 Å². The number of rotatable bonds is 4. The number of nitrogens with zero attached hydrogens (tertiary/aromatic N) is 2. The number of hydrogen-bond donors (Lipinski definition) is 1. The molecule has 0 aliphatic rings. The minimum atomic E-state index is -4.62. The Hall–Kier alpha value is -2.59. The molecule has 1 heterocycles. The van der Waals surface area contributed by atoms with Crippen LogP contribution in [0.5, 0.6) is 0 Å². The van der Waals surface area contributed by atoms with Crippen molar-refractivity contribution in [3.05, 3.63) is 63.7 Å². The molecule has 148 valence electrons. The second-order valence-corrected chi connectivity index (χ2v) is 8.49. The number of halogens is 4. The SMILES string of the molecule is CCS(=O)(=O)c1ccc(Cl)cc1Nn1cnc2ccc(C(F)(F)F)cc2c1=O. The molecule has 0 amide bonds. The van der Waals surface area contributed by atoms with Crippen LogP contribution < -0.4 is 11.0 Å². The van der Waals surface area contributed by atoms with Gasteiger partial charge in [0.15, 0.2) is 9.84 Å². The predicted molar refractivity (Wildman–Crippen MR) is 99.2 cm³/mol. The second kappa shape index (κ2) is 7.10. The molecule has 1 N–H and O–H groups in total. The lowest BCUT2D eigenvalue weighted by Gasteiger charge is -2.14. The van der Waals surface area contributed by atoms with Crippen molar-refractivity contribution in [1.29, 1.82) is 0 Å². The Morgan fingerprint density at radius 1 is 1.18 bits per heavy atom. The molecule has 0 spiro atoms. The maximum atomic E-state index is 12.9. The molecular formula is C17H13ClF3N3O3S. The fourth-order valence-corrected chi connectivity index (χ4v) is 3.72. The summed E-state index contributed by atoms with van der Waals surface area (Å²) in [4.78, 5) is 16.5. The average Bonchev–Trinajstić information content (AvgIpc) is 2.63. The summed E-state index contributed by atoms with van der Waals surface area (Å²) >= 11 is 5.92. The predicted octanol–water partition coefficient (Wildman–Crippen LogP) is 3.74. The molecule has 0 saturated heterocycles. The molecule has 0 unspecified atom stereocenters. The monoisotopic (exact) mass is 431 g/mol. The summed E-state index contributed by atoms with van der Waals surface area (Å²) in [5.74, 6) is -0.191. The van der Waals surface area contributed by atoms with Crippen LogP contribution in [0.4, 0.5) is 18.9 Å². The molecule has 0 aliphatic heterocycles. The normalized spacial score (nSPS) is 12.3. The van der Waals surface area contributed by atoms with Gasteiger partial charge in [-0.05, 0) is 36.4 Å². The van der Waals surface area contributed by atoms with Crippen LogP contribution in [0.3, 0.4) is 0 Å². The Labute approximate surface area is 162 Å². The molecule has 0 saturated carbocycles. The van der Waals surface area contributed by atoms with Gasteiger partial charge in [-0.15, -0.1) is 0 Å². The van der Waals surface area contributed by atoms with E-state index in [1.165, 1.54) is 25.1 Å². The van der Waals surface area contributed by atoms with Crippen molar-refractivity contribution < 1.29 is 21.6 Å². The molecule has 0 atom stereocenters. The molecule has 6 nitrogen and oxygen atoms in total. The number of sulfone groups is 1. The topological polar surface area (TPSA) is 81.1 Å². The van der Waals surface area contributed by atoms with E-state index in [0.29, 0.717) is 6.07 Å². The van der Waals surface area contributed by atoms with E-state index in [4.69, 9.17) is 11.6 Å². The largest absolute Gasteiger partial charge is 0.416 e. The van der Waals surface area contributed by atoms with E-state index >= 15 is 0 Å². The summed E-state index contributed by atoms with van der Waals surface area (Å²) in [5, 5.41) is -0.0644. The summed E-state index contributed by atoms with van der Waals surface area (Å²) in [6, 6.07) is 6.58. The van der Waals surface area contributed by atoms with Gasteiger partial charge in [-0.25, -0.2) is 18.1 Å².